The third-order valence-electron chi connectivity index (χ3n) is 4.88. The molecule has 0 fully saturated rings. The molecule has 162 valence electrons. The zero-order chi connectivity index (χ0) is 22.1. The van der Waals surface area contributed by atoms with E-state index in [0.717, 1.165) is 22.7 Å². The van der Waals surface area contributed by atoms with E-state index in [1.165, 1.54) is 0 Å². The second-order valence-electron chi connectivity index (χ2n) is 7.36. The lowest BCUT2D eigenvalue weighted by Crippen LogP contribution is -2.36. The number of ether oxygens (including phenoxy) is 2. The number of rotatable bonds is 10. The fraction of sp³-hybridized carbons (Fsp3) is 0.240. The van der Waals surface area contributed by atoms with Crippen molar-refractivity contribution < 1.29 is 14.3 Å². The van der Waals surface area contributed by atoms with E-state index in [1.807, 2.05) is 93.0 Å². The molecule has 0 saturated heterocycles. The van der Waals surface area contributed by atoms with Crippen LogP contribution in [0.3, 0.4) is 0 Å². The molecule has 0 unspecified atom stereocenters. The number of amides is 1. The number of carbonyl (C=O) groups excluding carboxylic acids is 1. The molecule has 6 heteroatoms. The third-order valence-corrected chi connectivity index (χ3v) is 4.88. The Morgan fingerprint density at radius 2 is 1.61 bits per heavy atom. The van der Waals surface area contributed by atoms with Gasteiger partial charge in [-0.15, -0.1) is 0 Å². The maximum Gasteiger partial charge on any atom is 0.258 e. The Labute approximate surface area is 183 Å². The molecule has 31 heavy (non-hydrogen) atoms. The number of anilines is 2. The van der Waals surface area contributed by atoms with Crippen LogP contribution in [0.5, 0.6) is 11.5 Å². The minimum atomic E-state index is -0.166. The molecule has 0 saturated carbocycles. The van der Waals surface area contributed by atoms with Crippen molar-refractivity contribution in [2.45, 2.75) is 6.04 Å². The van der Waals surface area contributed by atoms with Crippen molar-refractivity contribution >= 4 is 17.3 Å². The van der Waals surface area contributed by atoms with Gasteiger partial charge in [-0.3, -0.25) is 4.79 Å². The van der Waals surface area contributed by atoms with Crippen molar-refractivity contribution in [3.8, 4) is 11.5 Å². The quantitative estimate of drug-likeness (QED) is 0.515. The molecule has 0 heterocycles. The van der Waals surface area contributed by atoms with Crippen molar-refractivity contribution in [2.24, 2.45) is 0 Å². The number of likely N-dealkylation sites (N-methyl/N-ethyl adjacent to an activating group) is 1. The predicted octanol–water partition coefficient (Wildman–Crippen LogP) is 4.24. The van der Waals surface area contributed by atoms with Gasteiger partial charge in [-0.05, 0) is 68.2 Å². The van der Waals surface area contributed by atoms with Gasteiger partial charge >= 0.3 is 0 Å². The van der Waals surface area contributed by atoms with Gasteiger partial charge in [-0.1, -0.05) is 30.3 Å². The van der Waals surface area contributed by atoms with Crippen LogP contribution in [0.1, 0.15) is 11.6 Å². The number of para-hydroxylation sites is 1. The molecule has 3 aromatic carbocycles. The first-order valence-corrected chi connectivity index (χ1v) is 10.2. The number of carbonyl (C=O) groups is 1. The summed E-state index contributed by atoms with van der Waals surface area (Å²) in [5.41, 5.74) is 3.05. The number of hydrogen-bond donors (Lipinski definition) is 2. The highest BCUT2D eigenvalue weighted by Gasteiger charge is 2.16. The zero-order valence-corrected chi connectivity index (χ0v) is 18.2. The highest BCUT2D eigenvalue weighted by molar-refractivity contribution is 5.77. The maximum atomic E-state index is 12.3. The van der Waals surface area contributed by atoms with Crippen LogP contribution in [0.25, 0.3) is 0 Å². The van der Waals surface area contributed by atoms with Crippen molar-refractivity contribution in [1.29, 1.82) is 0 Å². The van der Waals surface area contributed by atoms with E-state index in [-0.39, 0.29) is 18.6 Å². The smallest absolute Gasteiger partial charge is 0.258 e. The Hall–Kier alpha value is -3.51. The van der Waals surface area contributed by atoms with E-state index in [9.17, 15) is 4.79 Å². The van der Waals surface area contributed by atoms with Crippen LogP contribution >= 0.6 is 0 Å². The number of nitrogens with zero attached hydrogens (tertiary/aromatic N) is 1. The first-order valence-electron chi connectivity index (χ1n) is 10.2. The first kappa shape index (κ1) is 22.2. The summed E-state index contributed by atoms with van der Waals surface area (Å²) < 4.78 is 10.9. The number of hydrogen-bond acceptors (Lipinski definition) is 5. The summed E-state index contributed by atoms with van der Waals surface area (Å²) >= 11 is 0. The molecule has 0 bridgehead atoms. The van der Waals surface area contributed by atoms with Gasteiger partial charge in [0.15, 0.2) is 6.61 Å². The third kappa shape index (κ3) is 6.76. The molecule has 3 aromatic rings. The van der Waals surface area contributed by atoms with Gasteiger partial charge < -0.3 is 25.0 Å². The van der Waals surface area contributed by atoms with Crippen molar-refractivity contribution in [3.63, 3.8) is 0 Å². The molecular formula is C25H29N3O3. The summed E-state index contributed by atoms with van der Waals surface area (Å²) in [6.45, 7) is 0.437. The summed E-state index contributed by atoms with van der Waals surface area (Å²) in [5.74, 6) is 1.27. The van der Waals surface area contributed by atoms with Crippen molar-refractivity contribution in [1.82, 2.24) is 10.2 Å². The molecule has 0 aromatic heterocycles. The number of methoxy groups -OCH3 is 1. The normalized spacial score (nSPS) is 11.6. The molecule has 0 radical (unpaired) electrons. The Balaban J connectivity index is 1.48. The van der Waals surface area contributed by atoms with E-state index in [1.54, 1.807) is 7.11 Å². The van der Waals surface area contributed by atoms with Crippen molar-refractivity contribution in [3.05, 3.63) is 84.4 Å². The summed E-state index contributed by atoms with van der Waals surface area (Å²) in [6.07, 6.45) is 0. The van der Waals surface area contributed by atoms with E-state index in [4.69, 9.17) is 9.47 Å². The molecule has 0 aliphatic heterocycles. The van der Waals surface area contributed by atoms with Crippen molar-refractivity contribution in [2.75, 3.05) is 39.7 Å². The summed E-state index contributed by atoms with van der Waals surface area (Å²) in [7, 11) is 5.61. The molecular weight excluding hydrogens is 390 g/mol. The maximum absolute atomic E-state index is 12.3. The van der Waals surface area contributed by atoms with Crippen LogP contribution in [-0.4, -0.2) is 45.2 Å². The fourth-order valence-corrected chi connectivity index (χ4v) is 3.18. The van der Waals surface area contributed by atoms with Gasteiger partial charge in [0.05, 0.1) is 13.2 Å². The molecule has 0 aliphatic rings. The Morgan fingerprint density at radius 1 is 0.903 bits per heavy atom. The minimum absolute atomic E-state index is 0.0300. The SMILES string of the molecule is COc1cccc([C@@H](CNC(=O)COc2ccc(Nc3ccccc3)cc2)N(C)C)c1. The molecule has 6 nitrogen and oxygen atoms in total. The highest BCUT2D eigenvalue weighted by Crippen LogP contribution is 2.22. The zero-order valence-electron chi connectivity index (χ0n) is 18.2. The molecule has 1 amide bonds. The standard InChI is InChI=1S/C25H29N3O3/c1-28(2)24(19-8-7-11-23(16-19)30-3)17-26-25(29)18-31-22-14-12-21(13-15-22)27-20-9-5-4-6-10-20/h4-16,24,27H,17-18H2,1-3H3,(H,26,29)/t24-/m1/s1. The van der Waals surface area contributed by atoms with Crippen LogP contribution in [0.4, 0.5) is 11.4 Å². The first-order chi connectivity index (χ1) is 15.0. The second-order valence-corrected chi connectivity index (χ2v) is 7.36. The van der Waals surface area contributed by atoms with Gasteiger partial charge in [-0.25, -0.2) is 0 Å². The summed E-state index contributed by atoms with van der Waals surface area (Å²) in [6, 6.07) is 25.4. The van der Waals surface area contributed by atoms with E-state index < -0.39 is 0 Å². The Morgan fingerprint density at radius 3 is 2.29 bits per heavy atom. The van der Waals surface area contributed by atoms with Gasteiger partial charge in [0, 0.05) is 17.9 Å². The molecule has 0 spiro atoms. The predicted molar refractivity (Wildman–Crippen MR) is 124 cm³/mol. The number of nitrogens with one attached hydrogen (secondary N) is 2. The van der Waals surface area contributed by atoms with Gasteiger partial charge in [0.25, 0.3) is 5.91 Å². The summed E-state index contributed by atoms with van der Waals surface area (Å²) in [4.78, 5) is 14.4. The van der Waals surface area contributed by atoms with Gasteiger partial charge in [-0.2, -0.15) is 0 Å². The van der Waals surface area contributed by atoms with Crippen LogP contribution in [-0.2, 0) is 4.79 Å². The summed E-state index contributed by atoms with van der Waals surface area (Å²) in [5, 5.41) is 6.27. The van der Waals surface area contributed by atoms with E-state index in [0.29, 0.717) is 12.3 Å². The van der Waals surface area contributed by atoms with E-state index in [2.05, 4.69) is 15.5 Å². The van der Waals surface area contributed by atoms with Crippen LogP contribution < -0.4 is 20.1 Å². The molecule has 3 rings (SSSR count). The second kappa shape index (κ2) is 11.0. The Bertz CT molecular complexity index is 959. The molecule has 2 N–H and O–H groups in total. The lowest BCUT2D eigenvalue weighted by atomic mass is 10.1. The average molecular weight is 420 g/mol. The van der Waals surface area contributed by atoms with Gasteiger partial charge in [0.2, 0.25) is 0 Å². The van der Waals surface area contributed by atoms with Crippen LogP contribution in [0, 0.1) is 0 Å². The Kier molecular flexibility index (Phi) is 7.90. The lowest BCUT2D eigenvalue weighted by Gasteiger charge is -2.25. The monoisotopic (exact) mass is 419 g/mol. The van der Waals surface area contributed by atoms with Crippen LogP contribution in [0.15, 0.2) is 78.9 Å². The average Bonchev–Trinajstić information content (AvgIpc) is 2.79. The molecule has 1 atom stereocenters. The lowest BCUT2D eigenvalue weighted by molar-refractivity contribution is -0.123. The van der Waals surface area contributed by atoms with E-state index >= 15 is 0 Å². The topological polar surface area (TPSA) is 62.8 Å². The number of benzene rings is 3. The van der Waals surface area contributed by atoms with Gasteiger partial charge in [0.1, 0.15) is 11.5 Å². The fourth-order valence-electron chi connectivity index (χ4n) is 3.18. The minimum Gasteiger partial charge on any atom is -0.497 e. The molecule has 0 aliphatic carbocycles. The largest absolute Gasteiger partial charge is 0.497 e. The van der Waals surface area contributed by atoms with Crippen LogP contribution in [0.2, 0.25) is 0 Å². The highest BCUT2D eigenvalue weighted by atomic mass is 16.5.